The van der Waals surface area contributed by atoms with Gasteiger partial charge < -0.3 is 0 Å². The van der Waals surface area contributed by atoms with Gasteiger partial charge in [-0.3, -0.25) is 0 Å². The minimum absolute atomic E-state index is 0.635. The molecule has 1 heterocycles. The van der Waals surface area contributed by atoms with Crippen LogP contribution in [0.15, 0.2) is 55.6 Å². The summed E-state index contributed by atoms with van der Waals surface area (Å²) < 4.78 is 4.34. The van der Waals surface area contributed by atoms with E-state index in [1.807, 2.05) is 6.08 Å². The number of imidazole rings is 1. The number of benzene rings is 1. The van der Waals surface area contributed by atoms with Crippen LogP contribution >= 0.6 is 0 Å². The lowest BCUT2D eigenvalue weighted by molar-refractivity contribution is -0.687. The molecule has 2 aromatic rings. The Hall–Kier alpha value is -1.83. The molecule has 0 saturated heterocycles. The monoisotopic (exact) mass is 255 g/mol. The van der Waals surface area contributed by atoms with Gasteiger partial charge in [0.1, 0.15) is 25.5 Å². The van der Waals surface area contributed by atoms with Crippen LogP contribution in [0.4, 0.5) is 0 Å². The maximum absolute atomic E-state index is 3.76. The van der Waals surface area contributed by atoms with Gasteiger partial charge in [-0.25, -0.2) is 9.13 Å². The molecule has 0 aliphatic carbocycles. The normalized spacial score (nSPS) is 12.3. The van der Waals surface area contributed by atoms with Crippen molar-refractivity contribution in [1.29, 1.82) is 0 Å². The predicted molar refractivity (Wildman–Crippen MR) is 79.1 cm³/mol. The molecule has 19 heavy (non-hydrogen) atoms. The Bertz CT molecular complexity index is 540. The highest BCUT2D eigenvalue weighted by Gasteiger charge is 2.06. The summed E-state index contributed by atoms with van der Waals surface area (Å²) in [5, 5.41) is 0. The molecule has 0 N–H and O–H groups in total. The van der Waals surface area contributed by atoms with Crippen LogP contribution in [-0.2, 0) is 13.1 Å². The van der Waals surface area contributed by atoms with E-state index in [0.717, 1.165) is 13.1 Å². The lowest BCUT2D eigenvalue weighted by Crippen LogP contribution is -2.31. The summed E-state index contributed by atoms with van der Waals surface area (Å²) in [4.78, 5) is 0. The van der Waals surface area contributed by atoms with E-state index in [4.69, 9.17) is 0 Å². The molecule has 0 spiro atoms. The Labute approximate surface area is 116 Å². The first-order chi connectivity index (χ1) is 9.22. The van der Waals surface area contributed by atoms with Gasteiger partial charge in [-0.15, -0.1) is 0 Å². The minimum atomic E-state index is 0.635. The molecule has 0 aliphatic heterocycles. The van der Waals surface area contributed by atoms with E-state index in [1.54, 1.807) is 0 Å². The van der Waals surface area contributed by atoms with E-state index in [2.05, 4.69) is 72.5 Å². The largest absolute Gasteiger partial charge is 0.244 e. The van der Waals surface area contributed by atoms with E-state index in [0.29, 0.717) is 5.92 Å². The second kappa shape index (κ2) is 6.37. The van der Waals surface area contributed by atoms with Gasteiger partial charge in [0, 0.05) is 0 Å². The van der Waals surface area contributed by atoms with Crippen molar-refractivity contribution in [1.82, 2.24) is 4.57 Å². The van der Waals surface area contributed by atoms with Crippen LogP contribution in [0.5, 0.6) is 0 Å². The smallest absolute Gasteiger partial charge is 0.233 e. The quantitative estimate of drug-likeness (QED) is 0.551. The number of hydrogen-bond acceptors (Lipinski definition) is 0. The molecule has 0 bridgehead atoms. The molecular formula is C17H23N2+. The molecular weight excluding hydrogens is 232 g/mol. The van der Waals surface area contributed by atoms with E-state index in [1.165, 1.54) is 17.5 Å². The molecule has 1 aromatic heterocycles. The zero-order valence-electron chi connectivity index (χ0n) is 11.9. The van der Waals surface area contributed by atoms with Crippen molar-refractivity contribution < 1.29 is 4.57 Å². The van der Waals surface area contributed by atoms with E-state index >= 15 is 0 Å². The number of aromatic nitrogens is 2. The third kappa shape index (κ3) is 3.57. The van der Waals surface area contributed by atoms with Gasteiger partial charge in [0.05, 0.1) is 0 Å². The van der Waals surface area contributed by atoms with E-state index in [9.17, 15) is 0 Å². The van der Waals surface area contributed by atoms with Crippen molar-refractivity contribution in [2.75, 3.05) is 0 Å². The van der Waals surface area contributed by atoms with Crippen molar-refractivity contribution in [2.24, 2.45) is 0 Å². The van der Waals surface area contributed by atoms with Crippen LogP contribution < -0.4 is 4.57 Å². The number of nitrogens with zero attached hydrogens (tertiary/aromatic N) is 2. The summed E-state index contributed by atoms with van der Waals surface area (Å²) in [7, 11) is 0. The highest BCUT2D eigenvalue weighted by molar-refractivity contribution is 5.25. The van der Waals surface area contributed by atoms with Crippen LogP contribution in [0.2, 0.25) is 0 Å². The Morgan fingerprint density at radius 2 is 2.26 bits per heavy atom. The van der Waals surface area contributed by atoms with Crippen LogP contribution in [-0.4, -0.2) is 4.57 Å². The van der Waals surface area contributed by atoms with Gasteiger partial charge in [-0.1, -0.05) is 50.8 Å². The van der Waals surface area contributed by atoms with Crippen molar-refractivity contribution in [3.63, 3.8) is 0 Å². The maximum Gasteiger partial charge on any atom is 0.244 e. The molecule has 2 rings (SSSR count). The first-order valence-corrected chi connectivity index (χ1v) is 6.97. The number of rotatable bonds is 6. The topological polar surface area (TPSA) is 8.81 Å². The molecule has 2 heteroatoms. The van der Waals surface area contributed by atoms with Crippen LogP contribution in [0.1, 0.15) is 37.3 Å². The van der Waals surface area contributed by atoms with Gasteiger partial charge in [-0.2, -0.15) is 0 Å². The number of hydrogen-bond donors (Lipinski definition) is 0. The minimum Gasteiger partial charge on any atom is -0.233 e. The molecule has 0 saturated carbocycles. The Morgan fingerprint density at radius 3 is 3.00 bits per heavy atom. The zero-order valence-corrected chi connectivity index (χ0v) is 11.9. The SMILES string of the molecule is C=CCn1cc[n+](Cc2cccc(C(C)CC)c2)c1. The van der Waals surface area contributed by atoms with Gasteiger partial charge in [-0.05, 0) is 23.5 Å². The van der Waals surface area contributed by atoms with Crippen molar-refractivity contribution in [3.05, 3.63) is 66.8 Å². The zero-order chi connectivity index (χ0) is 13.7. The summed E-state index contributed by atoms with van der Waals surface area (Å²) in [6.45, 7) is 10.1. The van der Waals surface area contributed by atoms with Crippen molar-refractivity contribution >= 4 is 0 Å². The maximum atomic E-state index is 3.76. The first kappa shape index (κ1) is 13.6. The summed E-state index contributed by atoms with van der Waals surface area (Å²) in [5.74, 6) is 0.635. The van der Waals surface area contributed by atoms with Crippen LogP contribution in [0.25, 0.3) is 0 Å². The lowest BCUT2D eigenvalue weighted by Gasteiger charge is -2.09. The molecule has 1 atom stereocenters. The fourth-order valence-corrected chi connectivity index (χ4v) is 2.23. The summed E-state index contributed by atoms with van der Waals surface area (Å²) in [6, 6.07) is 8.92. The number of allylic oxidation sites excluding steroid dienone is 1. The summed E-state index contributed by atoms with van der Waals surface area (Å²) >= 11 is 0. The van der Waals surface area contributed by atoms with Gasteiger partial charge in [0.2, 0.25) is 6.33 Å². The Morgan fingerprint density at radius 1 is 1.42 bits per heavy atom. The molecule has 100 valence electrons. The third-order valence-corrected chi connectivity index (χ3v) is 3.58. The second-order valence-electron chi connectivity index (χ2n) is 5.13. The summed E-state index contributed by atoms with van der Waals surface area (Å²) in [6.07, 6.45) is 9.41. The van der Waals surface area contributed by atoms with Crippen molar-refractivity contribution in [3.8, 4) is 0 Å². The van der Waals surface area contributed by atoms with Gasteiger partial charge >= 0.3 is 0 Å². The van der Waals surface area contributed by atoms with Crippen molar-refractivity contribution in [2.45, 2.75) is 39.3 Å². The fraction of sp³-hybridized carbons (Fsp3) is 0.353. The molecule has 1 aromatic carbocycles. The Kier molecular flexibility index (Phi) is 4.56. The molecule has 0 aliphatic rings. The van der Waals surface area contributed by atoms with E-state index in [-0.39, 0.29) is 0 Å². The second-order valence-corrected chi connectivity index (χ2v) is 5.13. The molecule has 1 unspecified atom stereocenters. The Balaban J connectivity index is 2.11. The fourth-order valence-electron chi connectivity index (χ4n) is 2.23. The standard InChI is InChI=1S/C17H23N2/c1-4-9-18-10-11-19(14-18)13-16-7-6-8-17(12-16)15(3)5-2/h4,6-8,10-12,14-15H,1,5,9,13H2,2-3H3/q+1. The average Bonchev–Trinajstić information content (AvgIpc) is 2.86. The lowest BCUT2D eigenvalue weighted by atomic mass is 9.97. The van der Waals surface area contributed by atoms with E-state index < -0.39 is 0 Å². The predicted octanol–water partition coefficient (Wildman–Crippen LogP) is 3.52. The van der Waals surface area contributed by atoms with Gasteiger partial charge in [0.15, 0.2) is 0 Å². The van der Waals surface area contributed by atoms with Crippen LogP contribution in [0, 0.1) is 0 Å². The van der Waals surface area contributed by atoms with Gasteiger partial charge in [0.25, 0.3) is 0 Å². The molecule has 0 amide bonds. The third-order valence-electron chi connectivity index (χ3n) is 3.58. The highest BCUT2D eigenvalue weighted by Crippen LogP contribution is 2.19. The molecule has 2 nitrogen and oxygen atoms in total. The summed E-state index contributed by atoms with van der Waals surface area (Å²) in [5.41, 5.74) is 2.80. The average molecular weight is 255 g/mol. The molecule has 0 fully saturated rings. The molecule has 0 radical (unpaired) electrons. The first-order valence-electron chi connectivity index (χ1n) is 6.97. The highest BCUT2D eigenvalue weighted by atomic mass is 15.1. The van der Waals surface area contributed by atoms with Crippen LogP contribution in [0.3, 0.4) is 0 Å².